The molecule has 0 radical (unpaired) electrons. The fraction of sp³-hybridized carbons (Fsp3) is 0.500. The summed E-state index contributed by atoms with van der Waals surface area (Å²) in [5, 5.41) is 0. The Bertz CT molecular complexity index is 447. The molecule has 0 aromatic heterocycles. The van der Waals surface area contributed by atoms with Gasteiger partial charge in [-0.25, -0.2) is 4.39 Å². The minimum atomic E-state index is -0.443. The molecule has 1 aliphatic carbocycles. The highest BCUT2D eigenvalue weighted by Gasteiger charge is 2.40. The summed E-state index contributed by atoms with van der Waals surface area (Å²) in [5.74, 6) is 0.118. The van der Waals surface area contributed by atoms with E-state index in [0.717, 1.165) is 18.4 Å². The summed E-state index contributed by atoms with van der Waals surface area (Å²) in [6, 6.07) is 1.39. The number of hydrogen-bond acceptors (Lipinski definition) is 3. The molecule has 0 bridgehead atoms. The van der Waals surface area contributed by atoms with Gasteiger partial charge in [0.05, 0.1) is 14.2 Å². The molecule has 1 saturated carbocycles. The van der Waals surface area contributed by atoms with Gasteiger partial charge in [0.15, 0.2) is 17.3 Å². The van der Waals surface area contributed by atoms with Gasteiger partial charge >= 0.3 is 0 Å². The second kappa shape index (κ2) is 4.46. The predicted octanol–water partition coefficient (Wildman–Crippen LogP) is 2.64. The molecule has 1 aromatic carbocycles. The first-order valence-electron chi connectivity index (χ1n) is 5.38. The van der Waals surface area contributed by atoms with E-state index < -0.39 is 5.82 Å². The molecule has 2 rings (SSSR count). The lowest BCUT2D eigenvalue weighted by atomic mass is 10.0. The average molecular weight is 304 g/mol. The molecular formula is C12H15BrFNO2. The summed E-state index contributed by atoms with van der Waals surface area (Å²) >= 11 is 3.35. The van der Waals surface area contributed by atoms with Crippen LogP contribution in [0.15, 0.2) is 10.5 Å². The molecule has 2 N–H and O–H groups in total. The molecule has 1 aromatic rings. The van der Waals surface area contributed by atoms with Crippen molar-refractivity contribution in [1.29, 1.82) is 0 Å². The molecule has 0 spiro atoms. The maximum Gasteiger partial charge on any atom is 0.197 e. The van der Waals surface area contributed by atoms with E-state index in [9.17, 15) is 4.39 Å². The number of methoxy groups -OCH3 is 2. The van der Waals surface area contributed by atoms with Crippen LogP contribution in [0.2, 0.25) is 0 Å². The maximum atomic E-state index is 13.7. The number of nitrogens with two attached hydrogens (primary N) is 1. The fourth-order valence-electron chi connectivity index (χ4n) is 1.88. The molecule has 5 heteroatoms. The third kappa shape index (κ3) is 2.40. The van der Waals surface area contributed by atoms with Crippen LogP contribution >= 0.6 is 15.9 Å². The van der Waals surface area contributed by atoms with Crippen molar-refractivity contribution in [3.8, 4) is 11.5 Å². The molecule has 0 heterocycles. The van der Waals surface area contributed by atoms with Crippen molar-refractivity contribution in [2.45, 2.75) is 24.8 Å². The lowest BCUT2D eigenvalue weighted by Crippen LogP contribution is -2.25. The zero-order valence-electron chi connectivity index (χ0n) is 9.85. The van der Waals surface area contributed by atoms with Gasteiger partial charge < -0.3 is 15.2 Å². The van der Waals surface area contributed by atoms with Crippen molar-refractivity contribution >= 4 is 15.9 Å². The van der Waals surface area contributed by atoms with E-state index in [1.54, 1.807) is 0 Å². The highest BCUT2D eigenvalue weighted by atomic mass is 79.9. The van der Waals surface area contributed by atoms with Crippen molar-refractivity contribution in [3.63, 3.8) is 0 Å². The Morgan fingerprint density at radius 2 is 1.94 bits per heavy atom. The van der Waals surface area contributed by atoms with Gasteiger partial charge in [-0.2, -0.15) is 0 Å². The molecule has 1 aliphatic rings. The first-order valence-corrected chi connectivity index (χ1v) is 6.18. The Morgan fingerprint density at radius 1 is 1.35 bits per heavy atom. The van der Waals surface area contributed by atoms with Crippen LogP contribution in [0.3, 0.4) is 0 Å². The molecule has 0 unspecified atom stereocenters. The summed E-state index contributed by atoms with van der Waals surface area (Å²) in [4.78, 5) is 0. The van der Waals surface area contributed by atoms with Crippen LogP contribution in [-0.2, 0) is 6.42 Å². The highest BCUT2D eigenvalue weighted by molar-refractivity contribution is 9.10. The van der Waals surface area contributed by atoms with Gasteiger partial charge in [-0.05, 0) is 25.3 Å². The van der Waals surface area contributed by atoms with Crippen molar-refractivity contribution in [1.82, 2.24) is 0 Å². The third-order valence-electron chi connectivity index (χ3n) is 3.07. The Labute approximate surface area is 108 Å². The molecular weight excluding hydrogens is 289 g/mol. The second-order valence-corrected chi connectivity index (χ2v) is 5.28. The third-order valence-corrected chi connectivity index (χ3v) is 3.78. The number of hydrogen-bond donors (Lipinski definition) is 1. The largest absolute Gasteiger partial charge is 0.492 e. The normalized spacial score (nSPS) is 16.8. The summed E-state index contributed by atoms with van der Waals surface area (Å²) < 4.78 is 24.6. The molecule has 0 amide bonds. The van der Waals surface area contributed by atoms with E-state index in [1.807, 2.05) is 0 Å². The minimum absolute atomic E-state index is 0.134. The molecule has 0 saturated heterocycles. The van der Waals surface area contributed by atoms with E-state index >= 15 is 0 Å². The molecule has 17 heavy (non-hydrogen) atoms. The SMILES string of the molecule is COc1c(F)cc(Br)c(CC2(N)CC2)c1OC. The van der Waals surface area contributed by atoms with Crippen LogP contribution in [0, 0.1) is 5.82 Å². The van der Waals surface area contributed by atoms with Crippen LogP contribution in [0.5, 0.6) is 11.5 Å². The number of halogens is 2. The monoisotopic (exact) mass is 303 g/mol. The topological polar surface area (TPSA) is 44.5 Å². The van der Waals surface area contributed by atoms with Gasteiger partial charge in [0.2, 0.25) is 0 Å². The van der Waals surface area contributed by atoms with Crippen LogP contribution in [0.25, 0.3) is 0 Å². The van der Waals surface area contributed by atoms with Gasteiger partial charge in [-0.1, -0.05) is 15.9 Å². The van der Waals surface area contributed by atoms with Crippen LogP contribution < -0.4 is 15.2 Å². The summed E-state index contributed by atoms with van der Waals surface area (Å²) in [6.45, 7) is 0. The number of ether oxygens (including phenoxy) is 2. The standard InChI is InChI=1S/C12H15BrFNO2/c1-16-10-7(6-12(15)3-4-12)8(13)5-9(14)11(10)17-2/h5H,3-4,6,15H2,1-2H3. The summed E-state index contributed by atoms with van der Waals surface area (Å²) in [5.41, 5.74) is 6.79. The lowest BCUT2D eigenvalue weighted by molar-refractivity contribution is 0.333. The summed E-state index contributed by atoms with van der Waals surface area (Å²) in [6.07, 6.45) is 2.64. The van der Waals surface area contributed by atoms with Crippen molar-refractivity contribution in [3.05, 3.63) is 21.9 Å². The molecule has 3 nitrogen and oxygen atoms in total. The van der Waals surface area contributed by atoms with E-state index in [4.69, 9.17) is 15.2 Å². The molecule has 0 aliphatic heterocycles. The van der Waals surface area contributed by atoms with Gasteiger partial charge in [0.25, 0.3) is 0 Å². The highest BCUT2D eigenvalue weighted by Crippen LogP contribution is 2.44. The average Bonchev–Trinajstić information content (AvgIpc) is 3.00. The van der Waals surface area contributed by atoms with Crippen LogP contribution in [0.4, 0.5) is 4.39 Å². The first-order chi connectivity index (χ1) is 8.00. The zero-order chi connectivity index (χ0) is 12.6. The Hall–Kier alpha value is -0.810. The van der Waals surface area contributed by atoms with E-state index in [1.165, 1.54) is 20.3 Å². The van der Waals surface area contributed by atoms with Gasteiger partial charge in [-0.3, -0.25) is 0 Å². The maximum absolute atomic E-state index is 13.7. The smallest absolute Gasteiger partial charge is 0.197 e. The van der Waals surface area contributed by atoms with Crippen molar-refractivity contribution < 1.29 is 13.9 Å². The molecule has 1 fully saturated rings. The van der Waals surface area contributed by atoms with Gasteiger partial charge in [0.1, 0.15) is 0 Å². The number of rotatable bonds is 4. The van der Waals surface area contributed by atoms with Crippen LogP contribution in [-0.4, -0.2) is 19.8 Å². The Morgan fingerprint density at radius 3 is 2.41 bits per heavy atom. The molecule has 94 valence electrons. The van der Waals surface area contributed by atoms with E-state index in [-0.39, 0.29) is 11.3 Å². The van der Waals surface area contributed by atoms with Gasteiger partial charge in [0, 0.05) is 15.6 Å². The van der Waals surface area contributed by atoms with Crippen molar-refractivity contribution in [2.24, 2.45) is 5.73 Å². The minimum Gasteiger partial charge on any atom is -0.492 e. The van der Waals surface area contributed by atoms with E-state index in [2.05, 4.69) is 15.9 Å². The Kier molecular flexibility index (Phi) is 3.32. The predicted molar refractivity (Wildman–Crippen MR) is 67.1 cm³/mol. The van der Waals surface area contributed by atoms with Crippen LogP contribution in [0.1, 0.15) is 18.4 Å². The van der Waals surface area contributed by atoms with Crippen molar-refractivity contribution in [2.75, 3.05) is 14.2 Å². The summed E-state index contributed by atoms with van der Waals surface area (Å²) in [7, 11) is 2.93. The number of benzene rings is 1. The Balaban J connectivity index is 2.48. The van der Waals surface area contributed by atoms with E-state index in [0.29, 0.717) is 16.6 Å². The fourth-order valence-corrected chi connectivity index (χ4v) is 2.40. The first kappa shape index (κ1) is 12.6. The van der Waals surface area contributed by atoms with Gasteiger partial charge in [-0.15, -0.1) is 0 Å². The quantitative estimate of drug-likeness (QED) is 0.930. The molecule has 0 atom stereocenters. The zero-order valence-corrected chi connectivity index (χ0v) is 11.4. The lowest BCUT2D eigenvalue weighted by Gasteiger charge is -2.17. The second-order valence-electron chi connectivity index (χ2n) is 4.42.